The van der Waals surface area contributed by atoms with Gasteiger partial charge in [0.1, 0.15) is 5.75 Å². The molecule has 2 unspecified atom stereocenters. The molecule has 0 fully saturated rings. The first kappa shape index (κ1) is 23.1. The van der Waals surface area contributed by atoms with Gasteiger partial charge in [0.2, 0.25) is 0 Å². The molecular weight excluding hydrogens is 390 g/mol. The third kappa shape index (κ3) is 5.20. The van der Waals surface area contributed by atoms with E-state index in [0.29, 0.717) is 11.8 Å². The third-order valence-electron chi connectivity index (χ3n) is 6.16. The molecule has 0 aliphatic heterocycles. The zero-order chi connectivity index (χ0) is 23.1. The summed E-state index contributed by atoms with van der Waals surface area (Å²) in [6.07, 6.45) is 7.23. The van der Waals surface area contributed by atoms with Gasteiger partial charge in [0.15, 0.2) is 0 Å². The first-order valence-electron chi connectivity index (χ1n) is 11.1. The predicted molar refractivity (Wildman–Crippen MR) is 138 cm³/mol. The summed E-state index contributed by atoms with van der Waals surface area (Å²) < 4.78 is 5.27. The lowest BCUT2D eigenvalue weighted by molar-refractivity contribution is 0.415. The molecule has 0 saturated carbocycles. The van der Waals surface area contributed by atoms with Crippen molar-refractivity contribution in [1.82, 2.24) is 0 Å². The molecule has 0 radical (unpaired) electrons. The summed E-state index contributed by atoms with van der Waals surface area (Å²) in [7, 11) is 1.69. The molecule has 3 aromatic rings. The molecule has 164 valence electrons. The fourth-order valence-electron chi connectivity index (χ4n) is 4.11. The molecule has 0 amide bonds. The number of fused-ring (bicyclic) bond motifs is 1. The highest BCUT2D eigenvalue weighted by molar-refractivity contribution is 5.69. The van der Waals surface area contributed by atoms with Crippen molar-refractivity contribution >= 4 is 5.70 Å². The molecule has 4 rings (SSSR count). The molecule has 1 aliphatic rings. The Kier molecular flexibility index (Phi) is 7.72. The summed E-state index contributed by atoms with van der Waals surface area (Å²) in [5.74, 6) is 1.80. The van der Waals surface area contributed by atoms with E-state index in [-0.39, 0.29) is 0 Å². The molecule has 0 aromatic heterocycles. The smallest absolute Gasteiger partial charge is 0.118 e. The number of hydrogen-bond donors (Lipinski definition) is 1. The second kappa shape index (κ2) is 10.7. The van der Waals surface area contributed by atoms with Gasteiger partial charge in [-0.1, -0.05) is 74.5 Å². The van der Waals surface area contributed by atoms with Crippen molar-refractivity contribution < 1.29 is 4.74 Å². The number of rotatable bonds is 4. The number of methoxy groups -OCH3 is 1. The van der Waals surface area contributed by atoms with Crippen LogP contribution in [0.5, 0.6) is 5.75 Å². The SMILES string of the molecule is C=C.COc1ccc(-c2cccc(Cc3ccc4c(c3)/C(N)=C/C=C\C(C)C4C)c2)cc1. The van der Waals surface area contributed by atoms with Crippen LogP contribution in [0.4, 0.5) is 0 Å². The highest BCUT2D eigenvalue weighted by atomic mass is 16.5. The summed E-state index contributed by atoms with van der Waals surface area (Å²) in [6, 6.07) is 23.7. The average molecular weight is 424 g/mol. The highest BCUT2D eigenvalue weighted by Crippen LogP contribution is 2.33. The minimum atomic E-state index is 0.441. The second-order valence-electron chi connectivity index (χ2n) is 8.18. The molecule has 0 bridgehead atoms. The summed E-state index contributed by atoms with van der Waals surface area (Å²) in [4.78, 5) is 0. The monoisotopic (exact) mass is 423 g/mol. The molecular formula is C30H33NO. The summed E-state index contributed by atoms with van der Waals surface area (Å²) in [5, 5.41) is 0. The number of hydrogen-bond acceptors (Lipinski definition) is 2. The van der Waals surface area contributed by atoms with E-state index in [2.05, 4.69) is 93.8 Å². The van der Waals surface area contributed by atoms with Gasteiger partial charge in [0.05, 0.1) is 7.11 Å². The van der Waals surface area contributed by atoms with Gasteiger partial charge in [-0.05, 0) is 70.3 Å². The van der Waals surface area contributed by atoms with Gasteiger partial charge in [-0.3, -0.25) is 0 Å². The van der Waals surface area contributed by atoms with Gasteiger partial charge < -0.3 is 10.5 Å². The number of benzene rings is 3. The van der Waals surface area contributed by atoms with Crippen LogP contribution in [0.3, 0.4) is 0 Å². The molecule has 2 heteroatoms. The number of ether oxygens (including phenoxy) is 1. The van der Waals surface area contributed by atoms with Crippen molar-refractivity contribution in [2.45, 2.75) is 26.2 Å². The normalized spacial score (nSPS) is 19.8. The van der Waals surface area contributed by atoms with Crippen LogP contribution in [0.25, 0.3) is 16.8 Å². The molecule has 3 aromatic carbocycles. The van der Waals surface area contributed by atoms with Crippen LogP contribution in [0.1, 0.15) is 42.0 Å². The van der Waals surface area contributed by atoms with Crippen LogP contribution in [0.15, 0.2) is 98.1 Å². The fraction of sp³-hybridized carbons (Fsp3) is 0.200. The Morgan fingerprint density at radius 3 is 2.31 bits per heavy atom. The first-order valence-corrected chi connectivity index (χ1v) is 11.1. The number of allylic oxidation sites excluding steroid dienone is 3. The van der Waals surface area contributed by atoms with Crippen LogP contribution in [-0.2, 0) is 6.42 Å². The van der Waals surface area contributed by atoms with E-state index in [0.717, 1.165) is 17.9 Å². The maximum absolute atomic E-state index is 6.41. The van der Waals surface area contributed by atoms with E-state index < -0.39 is 0 Å². The van der Waals surface area contributed by atoms with Crippen LogP contribution in [0.2, 0.25) is 0 Å². The standard InChI is InChI=1S/C28H29NO.C2H4/c1-19-6-4-9-28(29)27-18-22(10-15-26(27)20(19)2)16-21-7-5-8-24(17-21)23-11-13-25(30-3)14-12-23;1-2/h4-15,17-20H,16,29H2,1-3H3;1-2H2/b6-4-,28-9-;. The van der Waals surface area contributed by atoms with Crippen LogP contribution < -0.4 is 10.5 Å². The molecule has 0 saturated heterocycles. The van der Waals surface area contributed by atoms with E-state index in [1.54, 1.807) is 7.11 Å². The zero-order valence-corrected chi connectivity index (χ0v) is 19.3. The Morgan fingerprint density at radius 1 is 0.875 bits per heavy atom. The van der Waals surface area contributed by atoms with E-state index in [1.165, 1.54) is 33.4 Å². The molecule has 2 atom stereocenters. The van der Waals surface area contributed by atoms with Gasteiger partial charge in [-0.15, -0.1) is 13.2 Å². The lowest BCUT2D eigenvalue weighted by Gasteiger charge is -2.23. The lowest BCUT2D eigenvalue weighted by atomic mass is 9.82. The van der Waals surface area contributed by atoms with Crippen LogP contribution in [-0.4, -0.2) is 7.11 Å². The van der Waals surface area contributed by atoms with Crippen molar-refractivity contribution in [3.63, 3.8) is 0 Å². The fourth-order valence-corrected chi connectivity index (χ4v) is 4.11. The van der Waals surface area contributed by atoms with Gasteiger partial charge in [-0.25, -0.2) is 0 Å². The quantitative estimate of drug-likeness (QED) is 0.445. The van der Waals surface area contributed by atoms with Crippen LogP contribution in [0, 0.1) is 5.92 Å². The summed E-state index contributed by atoms with van der Waals surface area (Å²) >= 11 is 0. The molecule has 2 N–H and O–H groups in total. The van der Waals surface area contributed by atoms with Crippen molar-refractivity contribution in [3.8, 4) is 16.9 Å². The predicted octanol–water partition coefficient (Wildman–Crippen LogP) is 7.36. The molecule has 1 aliphatic carbocycles. The van der Waals surface area contributed by atoms with E-state index in [9.17, 15) is 0 Å². The minimum Gasteiger partial charge on any atom is -0.497 e. The Bertz CT molecular complexity index is 1110. The van der Waals surface area contributed by atoms with Crippen LogP contribution >= 0.6 is 0 Å². The second-order valence-corrected chi connectivity index (χ2v) is 8.18. The zero-order valence-electron chi connectivity index (χ0n) is 19.3. The summed E-state index contributed by atoms with van der Waals surface area (Å²) in [6.45, 7) is 10.5. The van der Waals surface area contributed by atoms with Gasteiger partial charge in [0, 0.05) is 11.3 Å². The minimum absolute atomic E-state index is 0.441. The van der Waals surface area contributed by atoms with Crippen molar-refractivity contribution in [2.75, 3.05) is 7.11 Å². The maximum Gasteiger partial charge on any atom is 0.118 e. The Hall–Kier alpha value is -3.52. The third-order valence-corrected chi connectivity index (χ3v) is 6.16. The van der Waals surface area contributed by atoms with Gasteiger partial charge in [0.25, 0.3) is 0 Å². The molecule has 2 nitrogen and oxygen atoms in total. The van der Waals surface area contributed by atoms with E-state index >= 15 is 0 Å². The van der Waals surface area contributed by atoms with E-state index in [4.69, 9.17) is 10.5 Å². The maximum atomic E-state index is 6.41. The Balaban J connectivity index is 0.00000141. The van der Waals surface area contributed by atoms with Crippen molar-refractivity contribution in [3.05, 3.63) is 120 Å². The van der Waals surface area contributed by atoms with E-state index in [1.807, 2.05) is 18.2 Å². The molecule has 0 heterocycles. The average Bonchev–Trinajstić information content (AvgIpc) is 2.84. The number of nitrogens with two attached hydrogens (primary N) is 1. The van der Waals surface area contributed by atoms with Gasteiger partial charge >= 0.3 is 0 Å². The van der Waals surface area contributed by atoms with Crippen molar-refractivity contribution in [1.29, 1.82) is 0 Å². The lowest BCUT2D eigenvalue weighted by Crippen LogP contribution is -2.11. The Morgan fingerprint density at radius 2 is 1.59 bits per heavy atom. The van der Waals surface area contributed by atoms with Crippen molar-refractivity contribution in [2.24, 2.45) is 11.7 Å². The molecule has 32 heavy (non-hydrogen) atoms. The first-order chi connectivity index (χ1) is 15.5. The summed E-state index contributed by atoms with van der Waals surface area (Å²) in [5.41, 5.74) is 14.7. The molecule has 0 spiro atoms. The highest BCUT2D eigenvalue weighted by Gasteiger charge is 2.18. The van der Waals surface area contributed by atoms with Gasteiger partial charge in [-0.2, -0.15) is 0 Å². The Labute approximate surface area is 192 Å². The topological polar surface area (TPSA) is 35.2 Å². The largest absolute Gasteiger partial charge is 0.497 e.